The van der Waals surface area contributed by atoms with Crippen molar-refractivity contribution in [3.63, 3.8) is 0 Å². The van der Waals surface area contributed by atoms with Gasteiger partial charge in [-0.15, -0.1) is 0 Å². The van der Waals surface area contributed by atoms with E-state index in [4.69, 9.17) is 14.9 Å². The van der Waals surface area contributed by atoms with Crippen LogP contribution in [0.5, 0.6) is 0 Å². The Kier molecular flexibility index (Phi) is 3.60. The minimum Gasteiger partial charge on any atom is -0.388 e. The van der Waals surface area contributed by atoms with Crippen LogP contribution in [-0.4, -0.2) is 64.7 Å². The van der Waals surface area contributed by atoms with Gasteiger partial charge in [-0.05, 0) is 7.05 Å². The van der Waals surface area contributed by atoms with Crippen molar-refractivity contribution in [2.24, 2.45) is 0 Å². The first-order valence-electron chi connectivity index (χ1n) is 4.10. The Morgan fingerprint density at radius 3 is 2.23 bits per heavy atom. The van der Waals surface area contributed by atoms with E-state index >= 15 is 0 Å². The molecule has 0 aromatic carbocycles. The van der Waals surface area contributed by atoms with Gasteiger partial charge in [0.2, 0.25) is 0 Å². The van der Waals surface area contributed by atoms with E-state index in [1.54, 1.807) is 7.05 Å². The van der Waals surface area contributed by atoms with Gasteiger partial charge in [-0.1, -0.05) is 0 Å². The molecule has 1 fully saturated rings. The fourth-order valence-electron chi connectivity index (χ4n) is 1.30. The zero-order valence-corrected chi connectivity index (χ0v) is 7.29. The van der Waals surface area contributed by atoms with E-state index in [-0.39, 0.29) is 0 Å². The topological polar surface area (TPSA) is 102 Å². The molecule has 5 N–H and O–H groups in total. The smallest absolute Gasteiger partial charge is 0.184 e. The van der Waals surface area contributed by atoms with Gasteiger partial charge < -0.3 is 30.5 Å². The molecular formula is C7H15NO5. The predicted octanol–water partition coefficient (Wildman–Crippen LogP) is -2.99. The van der Waals surface area contributed by atoms with Crippen molar-refractivity contribution in [3.8, 4) is 0 Å². The van der Waals surface area contributed by atoms with Crippen molar-refractivity contribution >= 4 is 0 Å². The molecule has 0 bridgehead atoms. The molecule has 0 aliphatic carbocycles. The Labute approximate surface area is 75.8 Å². The summed E-state index contributed by atoms with van der Waals surface area (Å²) in [4.78, 5) is 0. The highest BCUT2D eigenvalue weighted by Crippen LogP contribution is 2.18. The minimum atomic E-state index is -1.46. The van der Waals surface area contributed by atoms with Crippen LogP contribution in [0, 0.1) is 0 Å². The minimum absolute atomic E-state index is 0.294. The third-order valence-corrected chi connectivity index (χ3v) is 2.09. The second-order valence-corrected chi connectivity index (χ2v) is 3.09. The Morgan fingerprint density at radius 1 is 1.08 bits per heavy atom. The molecule has 13 heavy (non-hydrogen) atoms. The molecular weight excluding hydrogens is 178 g/mol. The molecule has 5 atom stereocenters. The molecule has 0 aromatic heterocycles. The molecule has 0 aromatic rings. The van der Waals surface area contributed by atoms with Crippen LogP contribution in [0.15, 0.2) is 0 Å². The normalized spacial score (nSPS) is 46.4. The maximum atomic E-state index is 9.37. The zero-order valence-electron chi connectivity index (χ0n) is 7.29. The van der Waals surface area contributed by atoms with E-state index < -0.39 is 30.7 Å². The van der Waals surface area contributed by atoms with Crippen LogP contribution in [0.3, 0.4) is 0 Å². The fraction of sp³-hybridized carbons (Fsp3) is 1.00. The molecule has 6 nitrogen and oxygen atoms in total. The standard InChI is InChI=1S/C7H15NO5/c1-8-2-3-4(9)5(10)6(11)7(12)13-3/h3-12H,2H2,1H3/t3?,4-,5+,6?,7-/m1/s1. The number of aliphatic hydroxyl groups is 4. The van der Waals surface area contributed by atoms with Crippen LogP contribution in [0.4, 0.5) is 0 Å². The van der Waals surface area contributed by atoms with Crippen molar-refractivity contribution in [2.75, 3.05) is 13.6 Å². The van der Waals surface area contributed by atoms with Gasteiger partial charge in [-0.2, -0.15) is 0 Å². The van der Waals surface area contributed by atoms with Crippen LogP contribution in [0.2, 0.25) is 0 Å². The average Bonchev–Trinajstić information content (AvgIpc) is 2.11. The molecule has 2 unspecified atom stereocenters. The number of likely N-dealkylation sites (N-methyl/N-ethyl adjacent to an activating group) is 1. The summed E-state index contributed by atoms with van der Waals surface area (Å²) in [6.45, 7) is 0.294. The van der Waals surface area contributed by atoms with Gasteiger partial charge in [0, 0.05) is 6.54 Å². The van der Waals surface area contributed by atoms with Gasteiger partial charge in [0.1, 0.15) is 24.4 Å². The van der Waals surface area contributed by atoms with E-state index in [1.165, 1.54) is 0 Å². The molecule has 1 aliphatic heterocycles. The van der Waals surface area contributed by atoms with Gasteiger partial charge in [-0.25, -0.2) is 0 Å². The van der Waals surface area contributed by atoms with Gasteiger partial charge in [0.25, 0.3) is 0 Å². The van der Waals surface area contributed by atoms with E-state index in [0.29, 0.717) is 6.54 Å². The van der Waals surface area contributed by atoms with Crippen LogP contribution in [-0.2, 0) is 4.74 Å². The number of nitrogens with one attached hydrogen (secondary N) is 1. The molecule has 0 spiro atoms. The van der Waals surface area contributed by atoms with Crippen molar-refractivity contribution in [1.29, 1.82) is 0 Å². The Morgan fingerprint density at radius 2 is 1.69 bits per heavy atom. The second kappa shape index (κ2) is 4.32. The van der Waals surface area contributed by atoms with Crippen molar-refractivity contribution in [1.82, 2.24) is 5.32 Å². The first-order valence-corrected chi connectivity index (χ1v) is 4.10. The highest BCUT2D eigenvalue weighted by molar-refractivity contribution is 4.89. The second-order valence-electron chi connectivity index (χ2n) is 3.09. The van der Waals surface area contributed by atoms with E-state index in [1.807, 2.05) is 0 Å². The lowest BCUT2D eigenvalue weighted by Gasteiger charge is -2.38. The third-order valence-electron chi connectivity index (χ3n) is 2.09. The lowest BCUT2D eigenvalue weighted by molar-refractivity contribution is -0.280. The lowest BCUT2D eigenvalue weighted by Crippen LogP contribution is -2.59. The zero-order chi connectivity index (χ0) is 10.0. The van der Waals surface area contributed by atoms with Gasteiger partial charge in [0.05, 0.1) is 0 Å². The Bertz CT molecular complexity index is 167. The molecule has 0 amide bonds. The van der Waals surface area contributed by atoms with Crippen LogP contribution >= 0.6 is 0 Å². The molecule has 1 rings (SSSR count). The van der Waals surface area contributed by atoms with Crippen molar-refractivity contribution in [2.45, 2.75) is 30.7 Å². The number of ether oxygens (including phenoxy) is 1. The molecule has 6 heteroatoms. The predicted molar refractivity (Wildman–Crippen MR) is 42.8 cm³/mol. The number of hydrogen-bond donors (Lipinski definition) is 5. The average molecular weight is 193 g/mol. The summed E-state index contributed by atoms with van der Waals surface area (Å²) < 4.78 is 4.85. The monoisotopic (exact) mass is 193 g/mol. The molecule has 0 radical (unpaired) electrons. The van der Waals surface area contributed by atoms with Gasteiger partial charge >= 0.3 is 0 Å². The first kappa shape index (κ1) is 10.8. The summed E-state index contributed by atoms with van der Waals surface area (Å²) in [7, 11) is 1.65. The summed E-state index contributed by atoms with van der Waals surface area (Å²) in [6, 6.07) is 0. The van der Waals surface area contributed by atoms with E-state index in [2.05, 4.69) is 5.32 Å². The Hall–Kier alpha value is -0.240. The summed E-state index contributed by atoms with van der Waals surface area (Å²) >= 11 is 0. The third kappa shape index (κ3) is 2.16. The molecule has 1 saturated heterocycles. The Balaban J connectivity index is 2.59. The lowest BCUT2D eigenvalue weighted by atomic mass is 9.99. The molecule has 1 heterocycles. The molecule has 1 aliphatic rings. The maximum absolute atomic E-state index is 9.37. The van der Waals surface area contributed by atoms with Crippen LogP contribution in [0.25, 0.3) is 0 Å². The van der Waals surface area contributed by atoms with Crippen LogP contribution in [0.1, 0.15) is 0 Å². The summed E-state index contributed by atoms with van der Waals surface area (Å²) in [5, 5.41) is 39.5. The van der Waals surface area contributed by atoms with Gasteiger partial charge in [0.15, 0.2) is 6.29 Å². The molecule has 0 saturated carbocycles. The quantitative estimate of drug-likeness (QED) is 0.320. The summed E-state index contributed by atoms with van der Waals surface area (Å²) in [5.74, 6) is 0. The highest BCUT2D eigenvalue weighted by Gasteiger charge is 2.42. The molecule has 78 valence electrons. The number of hydrogen-bond acceptors (Lipinski definition) is 6. The SMILES string of the molecule is CNCC1O[C@@H](O)C(O)[C@@H](O)[C@@H]1O. The largest absolute Gasteiger partial charge is 0.388 e. The van der Waals surface area contributed by atoms with E-state index in [9.17, 15) is 10.2 Å². The van der Waals surface area contributed by atoms with Gasteiger partial charge in [-0.3, -0.25) is 0 Å². The number of aliphatic hydroxyl groups excluding tert-OH is 4. The number of rotatable bonds is 2. The van der Waals surface area contributed by atoms with Crippen molar-refractivity contribution in [3.05, 3.63) is 0 Å². The van der Waals surface area contributed by atoms with E-state index in [0.717, 1.165) is 0 Å². The summed E-state index contributed by atoms with van der Waals surface area (Å²) in [6.07, 6.45) is -6.17. The van der Waals surface area contributed by atoms with Crippen molar-refractivity contribution < 1.29 is 25.2 Å². The van der Waals surface area contributed by atoms with Crippen LogP contribution < -0.4 is 5.32 Å². The fourth-order valence-corrected chi connectivity index (χ4v) is 1.30. The highest BCUT2D eigenvalue weighted by atomic mass is 16.6. The first-order chi connectivity index (χ1) is 6.07. The maximum Gasteiger partial charge on any atom is 0.184 e. The summed E-state index contributed by atoms with van der Waals surface area (Å²) in [5.41, 5.74) is 0.